The van der Waals surface area contributed by atoms with Crippen molar-refractivity contribution < 1.29 is 19.1 Å². The second kappa shape index (κ2) is 13.2. The number of benzene rings is 1. The van der Waals surface area contributed by atoms with E-state index in [9.17, 15) is 14.4 Å². The maximum atomic E-state index is 13.8. The van der Waals surface area contributed by atoms with E-state index in [0.29, 0.717) is 43.2 Å². The maximum Gasteiger partial charge on any atom is 0.264 e. The lowest BCUT2D eigenvalue weighted by molar-refractivity contribution is -0.125. The van der Waals surface area contributed by atoms with Crippen molar-refractivity contribution in [2.45, 2.75) is 63.2 Å². The highest BCUT2D eigenvalue weighted by Crippen LogP contribution is 2.28. The summed E-state index contributed by atoms with van der Waals surface area (Å²) < 4.78 is 5.49. The number of ether oxygens (including phenoxy) is 1. The minimum absolute atomic E-state index is 0.0432. The molecular formula is C30H41N5O4S. The van der Waals surface area contributed by atoms with Crippen LogP contribution in [0.25, 0.3) is 0 Å². The predicted octanol–water partition coefficient (Wildman–Crippen LogP) is 2.50. The third-order valence-electron chi connectivity index (χ3n) is 8.45. The number of nitrogens with one attached hydrogen (secondary N) is 1. The van der Waals surface area contributed by atoms with Gasteiger partial charge in [0.2, 0.25) is 5.91 Å². The van der Waals surface area contributed by atoms with E-state index < -0.39 is 6.04 Å². The van der Waals surface area contributed by atoms with Gasteiger partial charge in [0.1, 0.15) is 6.04 Å². The molecule has 2 saturated heterocycles. The molecule has 0 bridgehead atoms. The van der Waals surface area contributed by atoms with Crippen LogP contribution in [0.5, 0.6) is 0 Å². The van der Waals surface area contributed by atoms with E-state index >= 15 is 0 Å². The van der Waals surface area contributed by atoms with Crippen LogP contribution in [0.2, 0.25) is 0 Å². The average molecular weight is 568 g/mol. The van der Waals surface area contributed by atoms with Crippen molar-refractivity contribution in [1.82, 2.24) is 20.0 Å². The third-order valence-corrected chi connectivity index (χ3v) is 9.31. The summed E-state index contributed by atoms with van der Waals surface area (Å²) in [5.74, 6) is -0.358. The second-order valence-electron chi connectivity index (χ2n) is 11.3. The lowest BCUT2D eigenvalue weighted by atomic mass is 9.91. The number of carbonyl (C=O) groups is 3. The standard InChI is InChI=1S/C30H41N5O4S/c1-21-4-6-22(7-5-21)29(37)35-20-25(19-26(35)28(36)32-24-10-8-23(31)9-11-24)34(30(38)27-3-2-18-40-27)13-12-33-14-16-39-17-15-33/h2-7,18,23-26H,8-17,19-20,31H2,1H3,(H,32,36). The summed E-state index contributed by atoms with van der Waals surface area (Å²) in [6.45, 7) is 6.60. The van der Waals surface area contributed by atoms with Gasteiger partial charge in [0.05, 0.1) is 24.1 Å². The quantitative estimate of drug-likeness (QED) is 0.508. The molecule has 3 heterocycles. The number of thiophene rings is 1. The van der Waals surface area contributed by atoms with Crippen molar-refractivity contribution >= 4 is 29.1 Å². The molecule has 3 fully saturated rings. The van der Waals surface area contributed by atoms with Crippen LogP contribution in [0.4, 0.5) is 0 Å². The van der Waals surface area contributed by atoms with Gasteiger partial charge in [-0.1, -0.05) is 23.8 Å². The summed E-state index contributed by atoms with van der Waals surface area (Å²) in [4.78, 5) is 47.8. The first-order valence-corrected chi connectivity index (χ1v) is 15.3. The summed E-state index contributed by atoms with van der Waals surface area (Å²) in [5.41, 5.74) is 7.70. The molecule has 2 atom stereocenters. The summed E-state index contributed by atoms with van der Waals surface area (Å²) in [7, 11) is 0. The molecule has 2 aromatic rings. The zero-order valence-corrected chi connectivity index (χ0v) is 24.1. The Morgan fingerprint density at radius 1 is 1.07 bits per heavy atom. The van der Waals surface area contributed by atoms with Gasteiger partial charge in [-0.2, -0.15) is 0 Å². The van der Waals surface area contributed by atoms with E-state index in [1.807, 2.05) is 53.6 Å². The Balaban J connectivity index is 1.37. The molecule has 10 heteroatoms. The second-order valence-corrected chi connectivity index (χ2v) is 12.2. The number of hydrogen-bond acceptors (Lipinski definition) is 7. The smallest absolute Gasteiger partial charge is 0.264 e. The molecule has 40 heavy (non-hydrogen) atoms. The molecule has 2 aliphatic heterocycles. The Morgan fingerprint density at radius 2 is 1.80 bits per heavy atom. The molecule has 216 valence electrons. The Kier molecular flexibility index (Phi) is 9.52. The summed E-state index contributed by atoms with van der Waals surface area (Å²) in [6.07, 6.45) is 3.87. The van der Waals surface area contributed by atoms with Gasteiger partial charge in [0, 0.05) is 50.4 Å². The van der Waals surface area contributed by atoms with Crippen LogP contribution in [0, 0.1) is 6.92 Å². The van der Waals surface area contributed by atoms with Crippen molar-refractivity contribution in [2.24, 2.45) is 5.73 Å². The largest absolute Gasteiger partial charge is 0.379 e. The molecule has 2 unspecified atom stereocenters. The van der Waals surface area contributed by atoms with E-state index in [1.54, 1.807) is 4.90 Å². The fraction of sp³-hybridized carbons (Fsp3) is 0.567. The minimum Gasteiger partial charge on any atom is -0.379 e. The number of morpholine rings is 1. The molecule has 1 saturated carbocycles. The highest BCUT2D eigenvalue weighted by molar-refractivity contribution is 7.12. The highest BCUT2D eigenvalue weighted by Gasteiger charge is 2.44. The lowest BCUT2D eigenvalue weighted by Crippen LogP contribution is -2.50. The van der Waals surface area contributed by atoms with Crippen LogP contribution in [-0.4, -0.2) is 103 Å². The summed E-state index contributed by atoms with van der Waals surface area (Å²) in [6, 6.07) is 10.5. The van der Waals surface area contributed by atoms with Gasteiger partial charge in [0.25, 0.3) is 11.8 Å². The fourth-order valence-electron chi connectivity index (χ4n) is 6.00. The van der Waals surface area contributed by atoms with E-state index in [1.165, 1.54) is 11.3 Å². The lowest BCUT2D eigenvalue weighted by Gasteiger charge is -2.33. The van der Waals surface area contributed by atoms with Crippen molar-refractivity contribution in [1.29, 1.82) is 0 Å². The van der Waals surface area contributed by atoms with E-state index in [4.69, 9.17) is 10.5 Å². The normalized spacial score (nSPS) is 25.5. The third kappa shape index (κ3) is 6.91. The van der Waals surface area contributed by atoms with Crippen molar-refractivity contribution in [3.05, 3.63) is 57.8 Å². The Hall–Kier alpha value is -2.79. The van der Waals surface area contributed by atoms with Crippen molar-refractivity contribution in [3.63, 3.8) is 0 Å². The Bertz CT molecular complexity index is 1140. The first kappa shape index (κ1) is 28.7. The molecule has 9 nitrogen and oxygen atoms in total. The fourth-order valence-corrected chi connectivity index (χ4v) is 6.68. The van der Waals surface area contributed by atoms with E-state index in [-0.39, 0.29) is 35.8 Å². The number of likely N-dealkylation sites (tertiary alicyclic amines) is 1. The number of nitrogens with two attached hydrogens (primary N) is 1. The molecule has 5 rings (SSSR count). The number of rotatable bonds is 8. The molecular weight excluding hydrogens is 526 g/mol. The van der Waals surface area contributed by atoms with Crippen molar-refractivity contribution in [2.75, 3.05) is 45.9 Å². The molecule has 0 spiro atoms. The molecule has 3 amide bonds. The van der Waals surface area contributed by atoms with E-state index in [0.717, 1.165) is 50.9 Å². The van der Waals surface area contributed by atoms with Crippen LogP contribution in [0.1, 0.15) is 57.7 Å². The monoisotopic (exact) mass is 567 g/mol. The molecule has 3 aliphatic rings. The molecule has 0 radical (unpaired) electrons. The van der Waals surface area contributed by atoms with Crippen LogP contribution in [0.15, 0.2) is 41.8 Å². The zero-order chi connectivity index (χ0) is 28.1. The summed E-state index contributed by atoms with van der Waals surface area (Å²) >= 11 is 1.42. The van der Waals surface area contributed by atoms with Gasteiger partial charge in [-0.3, -0.25) is 19.3 Å². The highest BCUT2D eigenvalue weighted by atomic mass is 32.1. The van der Waals surface area contributed by atoms with Gasteiger partial charge >= 0.3 is 0 Å². The first-order chi connectivity index (χ1) is 19.4. The number of carbonyl (C=O) groups excluding carboxylic acids is 3. The van der Waals surface area contributed by atoms with Gasteiger partial charge in [-0.15, -0.1) is 11.3 Å². The Morgan fingerprint density at radius 3 is 2.48 bits per heavy atom. The van der Waals surface area contributed by atoms with Gasteiger partial charge < -0.3 is 25.6 Å². The number of aryl methyl sites for hydroxylation is 1. The number of nitrogens with zero attached hydrogens (tertiary/aromatic N) is 3. The SMILES string of the molecule is Cc1ccc(C(=O)N2CC(N(CCN3CCOCC3)C(=O)c3cccs3)CC2C(=O)NC2CCC(N)CC2)cc1. The minimum atomic E-state index is -0.642. The topological polar surface area (TPSA) is 108 Å². The van der Waals surface area contributed by atoms with Crippen molar-refractivity contribution in [3.8, 4) is 0 Å². The van der Waals surface area contributed by atoms with Crippen LogP contribution in [-0.2, 0) is 9.53 Å². The van der Waals surface area contributed by atoms with Crippen LogP contribution >= 0.6 is 11.3 Å². The number of amides is 3. The van der Waals surface area contributed by atoms with Crippen LogP contribution < -0.4 is 11.1 Å². The van der Waals surface area contributed by atoms with Gasteiger partial charge in [-0.05, 0) is 62.6 Å². The first-order valence-electron chi connectivity index (χ1n) is 14.5. The molecule has 3 N–H and O–H groups in total. The Labute approximate surface area is 240 Å². The van der Waals surface area contributed by atoms with E-state index in [2.05, 4.69) is 10.2 Å². The van der Waals surface area contributed by atoms with Gasteiger partial charge in [0.15, 0.2) is 0 Å². The predicted molar refractivity (Wildman–Crippen MR) is 155 cm³/mol. The molecule has 1 aliphatic carbocycles. The summed E-state index contributed by atoms with van der Waals surface area (Å²) in [5, 5.41) is 5.12. The van der Waals surface area contributed by atoms with Crippen LogP contribution in [0.3, 0.4) is 0 Å². The zero-order valence-electron chi connectivity index (χ0n) is 23.3. The molecule has 1 aromatic carbocycles. The average Bonchev–Trinajstić information content (AvgIpc) is 3.66. The van der Waals surface area contributed by atoms with Gasteiger partial charge in [-0.25, -0.2) is 0 Å². The maximum absolute atomic E-state index is 13.8. The number of hydrogen-bond donors (Lipinski definition) is 2. The molecule has 1 aromatic heterocycles.